The van der Waals surface area contributed by atoms with Gasteiger partial charge in [0.15, 0.2) is 0 Å². The fraction of sp³-hybridized carbons (Fsp3) is 0.545. The highest BCUT2D eigenvalue weighted by Crippen LogP contribution is 2.35. The molecule has 4 aliphatic rings. The molecule has 4 aliphatic heterocycles. The number of phenols is 1. The molecule has 3 saturated heterocycles. The van der Waals surface area contributed by atoms with E-state index in [1.807, 2.05) is 34.1 Å². The molecule has 10 nitrogen and oxygen atoms in total. The Morgan fingerprint density at radius 2 is 1.53 bits per heavy atom. The Morgan fingerprint density at radius 1 is 0.911 bits per heavy atom. The molecule has 0 saturated carbocycles. The van der Waals surface area contributed by atoms with E-state index in [0.29, 0.717) is 66.8 Å². The summed E-state index contributed by atoms with van der Waals surface area (Å²) in [5, 5.41) is 19.7. The standard InChI is InChI=1S/C33H42Br2N6O4/c34-26-17-21(18-27(35)30(26)42)19-29(31(43)39-13-7-23(8-14-39)22-5-11-36-12-6-22)38-32(44)40-15-9-25(10-16-40)41-20-24-3-1-2-4-28(24)37-33(41)45/h1-4,17-18,22-23,25,29,36,42H,5-16,19-20H2,(H,37,45)(H,38,44)/t29-/m1/s1. The molecule has 0 unspecified atom stereocenters. The zero-order valence-corrected chi connectivity index (χ0v) is 28.6. The third-order valence-electron chi connectivity index (χ3n) is 10.1. The van der Waals surface area contributed by atoms with Gasteiger partial charge in [0.25, 0.3) is 0 Å². The molecule has 242 valence electrons. The number of hydrogen-bond donors (Lipinski definition) is 4. The minimum Gasteiger partial charge on any atom is -0.506 e. The van der Waals surface area contributed by atoms with Gasteiger partial charge < -0.3 is 35.8 Å². The van der Waals surface area contributed by atoms with Gasteiger partial charge in [0, 0.05) is 50.9 Å². The zero-order valence-electron chi connectivity index (χ0n) is 25.4. The van der Waals surface area contributed by atoms with Crippen LogP contribution >= 0.6 is 31.9 Å². The smallest absolute Gasteiger partial charge is 0.322 e. The molecule has 3 fully saturated rings. The predicted molar refractivity (Wildman–Crippen MR) is 180 cm³/mol. The van der Waals surface area contributed by atoms with Gasteiger partial charge >= 0.3 is 12.1 Å². The summed E-state index contributed by atoms with van der Waals surface area (Å²) < 4.78 is 1.05. The van der Waals surface area contributed by atoms with E-state index < -0.39 is 6.04 Å². The van der Waals surface area contributed by atoms with Gasteiger partial charge in [-0.1, -0.05) is 18.2 Å². The highest BCUT2D eigenvalue weighted by Gasteiger charge is 2.36. The average Bonchev–Trinajstić information content (AvgIpc) is 3.06. The van der Waals surface area contributed by atoms with Gasteiger partial charge in [0.1, 0.15) is 11.8 Å². The Balaban J connectivity index is 1.09. The van der Waals surface area contributed by atoms with Crippen molar-refractivity contribution in [3.8, 4) is 5.75 Å². The maximum atomic E-state index is 14.0. The fourth-order valence-electron chi connectivity index (χ4n) is 7.44. The minimum atomic E-state index is -0.738. The Hall–Kier alpha value is -2.83. The topological polar surface area (TPSA) is 117 Å². The summed E-state index contributed by atoms with van der Waals surface area (Å²) in [6, 6.07) is 10.4. The van der Waals surface area contributed by atoms with Crippen molar-refractivity contribution in [2.75, 3.05) is 44.6 Å². The van der Waals surface area contributed by atoms with E-state index in [9.17, 15) is 19.5 Å². The number of anilines is 1. The molecule has 45 heavy (non-hydrogen) atoms. The second-order valence-corrected chi connectivity index (χ2v) is 14.5. The summed E-state index contributed by atoms with van der Waals surface area (Å²) in [6.45, 7) is 5.12. The largest absolute Gasteiger partial charge is 0.506 e. The predicted octanol–water partition coefficient (Wildman–Crippen LogP) is 5.29. The lowest BCUT2D eigenvalue weighted by atomic mass is 9.79. The van der Waals surface area contributed by atoms with Crippen molar-refractivity contribution in [2.45, 2.75) is 63.6 Å². The molecule has 4 N–H and O–H groups in total. The molecular formula is C33H42Br2N6O4. The minimum absolute atomic E-state index is 0.0350. The number of hydrogen-bond acceptors (Lipinski definition) is 5. The van der Waals surface area contributed by atoms with Crippen LogP contribution in [0.15, 0.2) is 45.3 Å². The maximum absolute atomic E-state index is 14.0. The number of fused-ring (bicyclic) bond motifs is 1. The average molecular weight is 747 g/mol. The molecule has 0 radical (unpaired) electrons. The Labute approximate surface area is 281 Å². The number of carbonyl (C=O) groups is 3. The molecule has 6 rings (SSSR count). The quantitative estimate of drug-likeness (QED) is 0.321. The molecule has 1 atom stereocenters. The van der Waals surface area contributed by atoms with Gasteiger partial charge in [-0.3, -0.25) is 4.79 Å². The van der Waals surface area contributed by atoms with Gasteiger partial charge in [0.2, 0.25) is 5.91 Å². The van der Waals surface area contributed by atoms with E-state index in [1.165, 1.54) is 12.8 Å². The number of nitrogens with one attached hydrogen (secondary N) is 3. The molecule has 12 heteroatoms. The number of nitrogens with zero attached hydrogens (tertiary/aromatic N) is 3. The van der Waals surface area contributed by atoms with E-state index in [1.54, 1.807) is 17.0 Å². The lowest BCUT2D eigenvalue weighted by molar-refractivity contribution is -0.135. The number of urea groups is 2. The monoisotopic (exact) mass is 744 g/mol. The van der Waals surface area contributed by atoms with E-state index in [0.717, 1.165) is 48.7 Å². The van der Waals surface area contributed by atoms with Crippen molar-refractivity contribution in [1.82, 2.24) is 25.3 Å². The first-order valence-electron chi connectivity index (χ1n) is 16.1. The second-order valence-electron chi connectivity index (χ2n) is 12.8. The summed E-state index contributed by atoms with van der Waals surface area (Å²) in [6.07, 6.45) is 6.04. The van der Waals surface area contributed by atoms with Crippen molar-refractivity contribution in [1.29, 1.82) is 0 Å². The number of carbonyl (C=O) groups excluding carboxylic acids is 3. The van der Waals surface area contributed by atoms with Gasteiger partial charge in [-0.15, -0.1) is 0 Å². The molecule has 4 heterocycles. The van der Waals surface area contributed by atoms with Crippen LogP contribution < -0.4 is 16.0 Å². The van der Waals surface area contributed by atoms with Gasteiger partial charge in [0.05, 0.1) is 8.95 Å². The molecular weight excluding hydrogens is 704 g/mol. The first-order valence-corrected chi connectivity index (χ1v) is 17.7. The third-order valence-corrected chi connectivity index (χ3v) is 11.3. The van der Waals surface area contributed by atoms with E-state index in [2.05, 4.69) is 47.8 Å². The molecule has 0 aliphatic carbocycles. The van der Waals surface area contributed by atoms with Crippen molar-refractivity contribution >= 4 is 55.5 Å². The van der Waals surface area contributed by atoms with Crippen molar-refractivity contribution in [2.24, 2.45) is 11.8 Å². The first kappa shape index (κ1) is 32.1. The highest BCUT2D eigenvalue weighted by atomic mass is 79.9. The molecule has 5 amide bonds. The lowest BCUT2D eigenvalue weighted by Gasteiger charge is -2.41. The number of halogens is 2. The number of amides is 5. The van der Waals surface area contributed by atoms with Crippen LogP contribution in [0.3, 0.4) is 0 Å². The number of benzene rings is 2. The summed E-state index contributed by atoms with van der Waals surface area (Å²) >= 11 is 6.80. The maximum Gasteiger partial charge on any atom is 0.322 e. The number of piperidine rings is 3. The molecule has 0 spiro atoms. The van der Waals surface area contributed by atoms with Crippen LogP contribution in [0.5, 0.6) is 5.75 Å². The van der Waals surface area contributed by atoms with E-state index in [4.69, 9.17) is 0 Å². The number of para-hydroxylation sites is 1. The summed E-state index contributed by atoms with van der Waals surface area (Å²) in [4.78, 5) is 46.0. The second kappa shape index (κ2) is 14.3. The van der Waals surface area contributed by atoms with Crippen LogP contribution in [0.1, 0.15) is 49.7 Å². The number of phenolic OH excluding ortho intramolecular Hbond substituents is 1. The number of aromatic hydroxyl groups is 1. The SMILES string of the molecule is O=C(N[C@H](Cc1cc(Br)c(O)c(Br)c1)C(=O)N1CCC(C2CCNCC2)CC1)N1CCC(N2Cc3ccccc3NC2=O)CC1. The Morgan fingerprint density at radius 3 is 2.22 bits per heavy atom. The van der Waals surface area contributed by atoms with Crippen LogP contribution in [0.2, 0.25) is 0 Å². The first-order chi connectivity index (χ1) is 21.8. The molecule has 0 aromatic heterocycles. The van der Waals surface area contributed by atoms with Crippen LogP contribution in [0, 0.1) is 11.8 Å². The van der Waals surface area contributed by atoms with Crippen LogP contribution in [-0.4, -0.2) is 89.1 Å². The zero-order chi connectivity index (χ0) is 31.5. The van der Waals surface area contributed by atoms with E-state index in [-0.39, 0.29) is 29.8 Å². The van der Waals surface area contributed by atoms with Crippen molar-refractivity contribution < 1.29 is 19.5 Å². The van der Waals surface area contributed by atoms with Crippen molar-refractivity contribution in [3.05, 3.63) is 56.5 Å². The Bertz CT molecular complexity index is 1380. The summed E-state index contributed by atoms with van der Waals surface area (Å²) in [5.74, 6) is 1.40. The van der Waals surface area contributed by atoms with Gasteiger partial charge in [-0.2, -0.15) is 0 Å². The summed E-state index contributed by atoms with van der Waals surface area (Å²) in [5.41, 5.74) is 2.77. The summed E-state index contributed by atoms with van der Waals surface area (Å²) in [7, 11) is 0. The number of likely N-dealkylation sites (tertiary alicyclic amines) is 2. The van der Waals surface area contributed by atoms with Crippen LogP contribution in [0.4, 0.5) is 15.3 Å². The van der Waals surface area contributed by atoms with Crippen molar-refractivity contribution in [3.63, 3.8) is 0 Å². The van der Waals surface area contributed by atoms with Crippen LogP contribution in [0.25, 0.3) is 0 Å². The molecule has 2 aromatic rings. The third kappa shape index (κ3) is 7.44. The fourth-order valence-corrected chi connectivity index (χ4v) is 8.72. The highest BCUT2D eigenvalue weighted by molar-refractivity contribution is 9.11. The van der Waals surface area contributed by atoms with Crippen LogP contribution in [-0.2, 0) is 17.8 Å². The molecule has 2 aromatic carbocycles. The van der Waals surface area contributed by atoms with Gasteiger partial charge in [-0.25, -0.2) is 9.59 Å². The van der Waals surface area contributed by atoms with Gasteiger partial charge in [-0.05, 0) is 125 Å². The van der Waals surface area contributed by atoms with E-state index >= 15 is 0 Å². The molecule has 0 bridgehead atoms. The Kier molecular flexibility index (Phi) is 10.2. The normalized spacial score (nSPS) is 20.8. The lowest BCUT2D eigenvalue weighted by Crippen LogP contribution is -2.57. The number of rotatable bonds is 6.